The summed E-state index contributed by atoms with van der Waals surface area (Å²) in [6.07, 6.45) is 0.0651. The van der Waals surface area contributed by atoms with Gasteiger partial charge in [-0.1, -0.05) is 54.2 Å². The van der Waals surface area contributed by atoms with E-state index in [0.717, 1.165) is 17.3 Å². The second-order valence-corrected chi connectivity index (χ2v) is 6.55. The van der Waals surface area contributed by atoms with Crippen molar-refractivity contribution in [3.63, 3.8) is 0 Å². The zero-order valence-corrected chi connectivity index (χ0v) is 15.1. The highest BCUT2D eigenvalue weighted by molar-refractivity contribution is 7.99. The molecule has 2 aromatic carbocycles. The van der Waals surface area contributed by atoms with Gasteiger partial charge in [0, 0.05) is 18.4 Å². The normalized spacial score (nSPS) is 10.5. The molecular weight excluding hydrogens is 366 g/mol. The van der Waals surface area contributed by atoms with Gasteiger partial charge in [0.25, 0.3) is 5.22 Å². The van der Waals surface area contributed by atoms with Crippen LogP contribution < -0.4 is 10.9 Å². The van der Waals surface area contributed by atoms with Crippen molar-refractivity contribution in [2.45, 2.75) is 18.1 Å². The molecule has 0 fully saturated rings. The number of Topliss-reactive ketones (excluding diaryl/α,β-unsaturated/α-hetero) is 1. The van der Waals surface area contributed by atoms with E-state index in [1.165, 1.54) is 0 Å². The Morgan fingerprint density at radius 1 is 0.889 bits per heavy atom. The number of hydrogen-bond acceptors (Lipinski definition) is 6. The monoisotopic (exact) mass is 383 g/mol. The largest absolute Gasteiger partial charge is 0.431 e. The van der Waals surface area contributed by atoms with E-state index in [-0.39, 0.29) is 24.4 Å². The van der Waals surface area contributed by atoms with Crippen LogP contribution in [0.25, 0.3) is 11.1 Å². The molecule has 138 valence electrons. The third-order valence-electron chi connectivity index (χ3n) is 3.62. The maximum atomic E-state index is 11.9. The zero-order valence-electron chi connectivity index (χ0n) is 14.3. The van der Waals surface area contributed by atoms with Crippen LogP contribution in [0.1, 0.15) is 23.2 Å². The van der Waals surface area contributed by atoms with E-state index < -0.39 is 11.8 Å². The standard InChI is InChI=1S/C19H17N3O4S/c23-15(13-6-2-1-3-7-13)10-11-17(24)21-22-18(25)12-27-19-20-14-8-4-5-9-16(14)26-19/h1-9H,10-12H2,(H,21,24)(H,22,25). The van der Waals surface area contributed by atoms with Crippen molar-refractivity contribution >= 4 is 40.5 Å². The van der Waals surface area contributed by atoms with E-state index in [1.807, 2.05) is 24.3 Å². The first kappa shape index (κ1) is 18.7. The fraction of sp³-hybridized carbons (Fsp3) is 0.158. The minimum absolute atomic E-state index is 0.00766. The number of hydrogen-bond donors (Lipinski definition) is 2. The number of carbonyl (C=O) groups is 3. The summed E-state index contributed by atoms with van der Waals surface area (Å²) in [5.41, 5.74) is 6.54. The Labute approximate surface area is 159 Å². The average Bonchev–Trinajstić information content (AvgIpc) is 3.12. The Balaban J connectivity index is 1.37. The predicted molar refractivity (Wildman–Crippen MR) is 101 cm³/mol. The number of para-hydroxylation sites is 2. The minimum atomic E-state index is -0.431. The highest BCUT2D eigenvalue weighted by Gasteiger charge is 2.11. The molecule has 0 bridgehead atoms. The van der Waals surface area contributed by atoms with Crippen molar-refractivity contribution in [1.82, 2.24) is 15.8 Å². The molecule has 2 N–H and O–H groups in total. The Kier molecular flexibility index (Phi) is 6.22. The molecule has 27 heavy (non-hydrogen) atoms. The van der Waals surface area contributed by atoms with Crippen LogP contribution in [0.3, 0.4) is 0 Å². The Morgan fingerprint density at radius 3 is 2.37 bits per heavy atom. The van der Waals surface area contributed by atoms with Crippen molar-refractivity contribution in [1.29, 1.82) is 0 Å². The number of amides is 2. The van der Waals surface area contributed by atoms with Gasteiger partial charge in [-0.05, 0) is 12.1 Å². The van der Waals surface area contributed by atoms with E-state index in [9.17, 15) is 14.4 Å². The van der Waals surface area contributed by atoms with Crippen molar-refractivity contribution in [2.75, 3.05) is 5.75 Å². The van der Waals surface area contributed by atoms with Gasteiger partial charge in [0.15, 0.2) is 11.4 Å². The van der Waals surface area contributed by atoms with Gasteiger partial charge in [-0.25, -0.2) is 4.98 Å². The van der Waals surface area contributed by atoms with Gasteiger partial charge in [0.05, 0.1) is 5.75 Å². The highest BCUT2D eigenvalue weighted by Crippen LogP contribution is 2.22. The smallest absolute Gasteiger partial charge is 0.257 e. The summed E-state index contributed by atoms with van der Waals surface area (Å²) in [6, 6.07) is 16.1. The molecule has 0 atom stereocenters. The van der Waals surface area contributed by atoms with E-state index in [1.54, 1.807) is 30.3 Å². The predicted octanol–water partition coefficient (Wildman–Crippen LogP) is 2.73. The molecular formula is C19H17N3O4S. The van der Waals surface area contributed by atoms with Crippen LogP contribution in [0, 0.1) is 0 Å². The molecule has 3 aromatic rings. The Hall–Kier alpha value is -3.13. The van der Waals surface area contributed by atoms with Crippen LogP contribution in [-0.2, 0) is 9.59 Å². The molecule has 7 nitrogen and oxygen atoms in total. The van der Waals surface area contributed by atoms with Crippen molar-refractivity contribution < 1.29 is 18.8 Å². The number of ketones is 1. The summed E-state index contributed by atoms with van der Waals surface area (Å²) in [5.74, 6) is -0.913. The average molecular weight is 383 g/mol. The lowest BCUT2D eigenvalue weighted by Crippen LogP contribution is -2.42. The molecule has 3 rings (SSSR count). The number of carbonyl (C=O) groups excluding carboxylic acids is 3. The molecule has 0 radical (unpaired) electrons. The lowest BCUT2D eigenvalue weighted by Gasteiger charge is -2.06. The second-order valence-electron chi connectivity index (χ2n) is 5.62. The minimum Gasteiger partial charge on any atom is -0.431 e. The first-order chi connectivity index (χ1) is 13.1. The number of nitrogens with one attached hydrogen (secondary N) is 2. The third-order valence-corrected chi connectivity index (χ3v) is 4.45. The van der Waals surface area contributed by atoms with Crippen LogP contribution in [0.4, 0.5) is 0 Å². The number of benzene rings is 2. The molecule has 0 aliphatic heterocycles. The number of thioether (sulfide) groups is 1. The maximum absolute atomic E-state index is 11.9. The molecule has 0 saturated carbocycles. The van der Waals surface area contributed by atoms with Crippen LogP contribution in [0.2, 0.25) is 0 Å². The molecule has 2 amide bonds. The summed E-state index contributed by atoms with van der Waals surface area (Å²) in [5, 5.41) is 0.381. The summed E-state index contributed by atoms with van der Waals surface area (Å²) < 4.78 is 5.50. The number of fused-ring (bicyclic) bond motifs is 1. The molecule has 1 heterocycles. The first-order valence-corrected chi connectivity index (χ1v) is 9.24. The van der Waals surface area contributed by atoms with Gasteiger partial charge in [0.2, 0.25) is 11.8 Å². The third kappa shape index (κ3) is 5.42. The first-order valence-electron chi connectivity index (χ1n) is 8.26. The van der Waals surface area contributed by atoms with Gasteiger partial charge >= 0.3 is 0 Å². The number of nitrogens with zero attached hydrogens (tertiary/aromatic N) is 1. The SMILES string of the molecule is O=C(CCC(=O)c1ccccc1)NNC(=O)CSc1nc2ccccc2o1. The fourth-order valence-electron chi connectivity index (χ4n) is 2.27. The quantitative estimate of drug-likeness (QED) is 0.370. The van der Waals surface area contributed by atoms with Crippen molar-refractivity contribution in [3.05, 3.63) is 60.2 Å². The van der Waals surface area contributed by atoms with Crippen LogP contribution in [0.5, 0.6) is 0 Å². The Morgan fingerprint density at radius 2 is 1.59 bits per heavy atom. The lowest BCUT2D eigenvalue weighted by molar-refractivity contribution is -0.127. The summed E-state index contributed by atoms with van der Waals surface area (Å²) in [4.78, 5) is 39.8. The molecule has 0 aliphatic rings. The second kappa shape index (κ2) is 9.00. The van der Waals surface area contributed by atoms with E-state index in [4.69, 9.17) is 4.42 Å². The Bertz CT molecular complexity index is 923. The summed E-state index contributed by atoms with van der Waals surface area (Å²) in [7, 11) is 0. The number of oxazole rings is 1. The summed E-state index contributed by atoms with van der Waals surface area (Å²) in [6.45, 7) is 0. The number of hydrazine groups is 1. The van der Waals surface area contributed by atoms with Gasteiger partial charge in [-0.15, -0.1) is 0 Å². The number of aromatic nitrogens is 1. The van der Waals surface area contributed by atoms with Gasteiger partial charge in [0.1, 0.15) is 5.52 Å². The molecule has 0 spiro atoms. The van der Waals surface area contributed by atoms with Crippen LogP contribution in [0.15, 0.2) is 64.2 Å². The topological polar surface area (TPSA) is 101 Å². The van der Waals surface area contributed by atoms with Crippen LogP contribution >= 0.6 is 11.8 Å². The van der Waals surface area contributed by atoms with Crippen molar-refractivity contribution in [2.24, 2.45) is 0 Å². The van der Waals surface area contributed by atoms with Crippen LogP contribution in [-0.4, -0.2) is 28.3 Å². The molecule has 1 aromatic heterocycles. The lowest BCUT2D eigenvalue weighted by atomic mass is 10.1. The molecule has 0 aliphatic carbocycles. The van der Waals surface area contributed by atoms with Gasteiger partial charge < -0.3 is 4.42 Å². The fourth-order valence-corrected chi connectivity index (χ4v) is 2.91. The summed E-state index contributed by atoms with van der Waals surface area (Å²) >= 11 is 1.13. The van der Waals surface area contributed by atoms with Gasteiger partial charge in [-0.2, -0.15) is 0 Å². The highest BCUT2D eigenvalue weighted by atomic mass is 32.2. The van der Waals surface area contributed by atoms with Crippen molar-refractivity contribution in [3.8, 4) is 0 Å². The van der Waals surface area contributed by atoms with E-state index in [2.05, 4.69) is 15.8 Å². The zero-order chi connectivity index (χ0) is 19.1. The van der Waals surface area contributed by atoms with Gasteiger partial charge in [-0.3, -0.25) is 25.2 Å². The number of rotatable bonds is 7. The molecule has 8 heteroatoms. The van der Waals surface area contributed by atoms with E-state index >= 15 is 0 Å². The van der Waals surface area contributed by atoms with E-state index in [0.29, 0.717) is 16.4 Å². The molecule has 0 unspecified atom stereocenters. The molecule has 0 saturated heterocycles. The maximum Gasteiger partial charge on any atom is 0.257 e.